The maximum atomic E-state index is 9.11. The molecule has 142 valence electrons. The third-order valence-electron chi connectivity index (χ3n) is 6.28. The summed E-state index contributed by atoms with van der Waals surface area (Å²) in [6.45, 7) is 2.27. The number of aryl methyl sites for hydroxylation is 2. The Morgan fingerprint density at radius 3 is 2.61 bits per heavy atom. The van der Waals surface area contributed by atoms with Crippen molar-refractivity contribution in [3.8, 4) is 6.07 Å². The number of hydrogen-bond acceptors (Lipinski definition) is 1. The highest BCUT2D eigenvalue weighted by Gasteiger charge is 2.20. The summed E-state index contributed by atoms with van der Waals surface area (Å²) in [5.74, 6) is 0.582. The Balaban J connectivity index is 1.49. The van der Waals surface area contributed by atoms with Gasteiger partial charge in [-0.25, -0.2) is 0 Å². The minimum absolute atomic E-state index is 0.582. The van der Waals surface area contributed by atoms with Crippen LogP contribution in [0.3, 0.4) is 0 Å². The maximum absolute atomic E-state index is 9.11. The summed E-state index contributed by atoms with van der Waals surface area (Å²) in [5.41, 5.74) is 6.49. The smallest absolute Gasteiger partial charge is 0.0991 e. The predicted octanol–water partition coefficient (Wildman–Crippen LogP) is 7.11. The van der Waals surface area contributed by atoms with E-state index in [1.54, 1.807) is 0 Å². The number of benzene rings is 3. The van der Waals surface area contributed by atoms with Gasteiger partial charge in [-0.05, 0) is 83.2 Å². The van der Waals surface area contributed by atoms with Crippen molar-refractivity contribution in [1.29, 1.82) is 5.26 Å². The second-order valence-electron chi connectivity index (χ2n) is 8.29. The number of hydrogen-bond donors (Lipinski definition) is 0. The minimum atomic E-state index is 0.582. The molecule has 1 nitrogen and oxygen atoms in total. The third-order valence-corrected chi connectivity index (χ3v) is 6.28. The SMILES string of the molecule is CCCCCCc1ccc2cc(C3CCc4cc(C#N)ccc4C3)ccc2c1. The van der Waals surface area contributed by atoms with Crippen molar-refractivity contribution in [2.24, 2.45) is 0 Å². The van der Waals surface area contributed by atoms with E-state index < -0.39 is 0 Å². The first kappa shape index (κ1) is 18.8. The summed E-state index contributed by atoms with van der Waals surface area (Å²) in [6, 6.07) is 22.5. The molecule has 1 aliphatic rings. The van der Waals surface area contributed by atoms with Gasteiger partial charge in [0.15, 0.2) is 0 Å². The van der Waals surface area contributed by atoms with Crippen molar-refractivity contribution >= 4 is 10.8 Å². The number of nitrogens with zero attached hydrogens (tertiary/aromatic N) is 1. The number of nitriles is 1. The lowest BCUT2D eigenvalue weighted by molar-refractivity contribution is 0.585. The zero-order valence-corrected chi connectivity index (χ0v) is 16.9. The standard InChI is InChI=1S/C27H29N/c1-2-3-4-5-6-20-7-9-24-17-26(13-11-22(24)15-20)27-14-12-23-16-21(19-28)8-10-25(23)18-27/h7-11,13,15-17,27H,2-6,12,14,18H2,1H3. The first-order valence-electron chi connectivity index (χ1n) is 10.8. The average molecular weight is 368 g/mol. The molecule has 1 unspecified atom stereocenters. The largest absolute Gasteiger partial charge is 0.192 e. The number of fused-ring (bicyclic) bond motifs is 2. The van der Waals surface area contributed by atoms with Crippen LogP contribution in [-0.2, 0) is 19.3 Å². The van der Waals surface area contributed by atoms with Crippen molar-refractivity contribution in [2.75, 3.05) is 0 Å². The van der Waals surface area contributed by atoms with Gasteiger partial charge in [-0.3, -0.25) is 0 Å². The molecular weight excluding hydrogens is 338 g/mol. The first-order valence-corrected chi connectivity index (χ1v) is 10.8. The highest BCUT2D eigenvalue weighted by atomic mass is 14.3. The summed E-state index contributed by atoms with van der Waals surface area (Å²) in [5, 5.41) is 11.8. The zero-order chi connectivity index (χ0) is 19.3. The van der Waals surface area contributed by atoms with Gasteiger partial charge >= 0.3 is 0 Å². The van der Waals surface area contributed by atoms with Gasteiger partial charge in [0.25, 0.3) is 0 Å². The lowest BCUT2D eigenvalue weighted by Gasteiger charge is -2.25. The molecule has 0 fully saturated rings. The van der Waals surface area contributed by atoms with Gasteiger partial charge in [-0.2, -0.15) is 5.26 Å². The van der Waals surface area contributed by atoms with Crippen LogP contribution in [0.4, 0.5) is 0 Å². The molecule has 0 aliphatic heterocycles. The highest BCUT2D eigenvalue weighted by molar-refractivity contribution is 5.84. The summed E-state index contributed by atoms with van der Waals surface area (Å²) >= 11 is 0. The van der Waals surface area contributed by atoms with Crippen molar-refractivity contribution in [1.82, 2.24) is 0 Å². The molecule has 0 N–H and O–H groups in total. The van der Waals surface area contributed by atoms with Gasteiger partial charge in [0, 0.05) is 0 Å². The van der Waals surface area contributed by atoms with Crippen LogP contribution in [0.1, 0.15) is 72.8 Å². The van der Waals surface area contributed by atoms with E-state index >= 15 is 0 Å². The van der Waals surface area contributed by atoms with Crippen LogP contribution >= 0.6 is 0 Å². The van der Waals surface area contributed by atoms with E-state index in [1.165, 1.54) is 71.6 Å². The van der Waals surface area contributed by atoms with Crippen molar-refractivity contribution in [2.45, 2.75) is 64.2 Å². The molecule has 3 aromatic rings. The van der Waals surface area contributed by atoms with E-state index in [2.05, 4.69) is 61.5 Å². The van der Waals surface area contributed by atoms with E-state index in [1.807, 2.05) is 6.07 Å². The van der Waals surface area contributed by atoms with Crippen molar-refractivity contribution in [3.63, 3.8) is 0 Å². The van der Waals surface area contributed by atoms with Gasteiger partial charge in [0.2, 0.25) is 0 Å². The van der Waals surface area contributed by atoms with Gasteiger partial charge in [-0.1, -0.05) is 68.7 Å². The van der Waals surface area contributed by atoms with Crippen LogP contribution in [-0.4, -0.2) is 0 Å². The van der Waals surface area contributed by atoms with Crippen LogP contribution in [0.15, 0.2) is 54.6 Å². The molecule has 0 bridgehead atoms. The predicted molar refractivity (Wildman–Crippen MR) is 118 cm³/mol. The van der Waals surface area contributed by atoms with Gasteiger partial charge < -0.3 is 0 Å². The molecule has 4 rings (SSSR count). The monoisotopic (exact) mass is 367 g/mol. The lowest BCUT2D eigenvalue weighted by Crippen LogP contribution is -2.13. The van der Waals surface area contributed by atoms with Crippen LogP contribution in [0, 0.1) is 11.3 Å². The Morgan fingerprint density at radius 2 is 1.75 bits per heavy atom. The maximum Gasteiger partial charge on any atom is 0.0991 e. The molecule has 1 heteroatoms. The Hall–Kier alpha value is -2.59. The molecule has 28 heavy (non-hydrogen) atoms. The quantitative estimate of drug-likeness (QED) is 0.426. The second kappa shape index (κ2) is 8.61. The van der Waals surface area contributed by atoms with Crippen LogP contribution < -0.4 is 0 Å². The Bertz CT molecular complexity index is 1010. The first-order chi connectivity index (χ1) is 13.8. The fraction of sp³-hybridized carbons (Fsp3) is 0.370. The Kier molecular flexibility index (Phi) is 5.77. The zero-order valence-electron chi connectivity index (χ0n) is 16.9. The summed E-state index contributed by atoms with van der Waals surface area (Å²) in [7, 11) is 0. The van der Waals surface area contributed by atoms with Crippen LogP contribution in [0.2, 0.25) is 0 Å². The molecule has 0 heterocycles. The molecule has 1 aliphatic carbocycles. The molecule has 0 aromatic heterocycles. The van der Waals surface area contributed by atoms with Crippen LogP contribution in [0.5, 0.6) is 0 Å². The van der Waals surface area contributed by atoms with E-state index in [-0.39, 0.29) is 0 Å². The normalized spacial score (nSPS) is 15.9. The van der Waals surface area contributed by atoms with Crippen LogP contribution in [0.25, 0.3) is 10.8 Å². The van der Waals surface area contributed by atoms with Gasteiger partial charge in [-0.15, -0.1) is 0 Å². The molecule has 0 spiro atoms. The van der Waals surface area contributed by atoms with Gasteiger partial charge in [0.05, 0.1) is 11.6 Å². The number of unbranched alkanes of at least 4 members (excludes halogenated alkanes) is 3. The average Bonchev–Trinajstić information content (AvgIpc) is 2.75. The van der Waals surface area contributed by atoms with Crippen molar-refractivity contribution in [3.05, 3.63) is 82.4 Å². The van der Waals surface area contributed by atoms with E-state index in [0.717, 1.165) is 18.4 Å². The van der Waals surface area contributed by atoms with Gasteiger partial charge in [0.1, 0.15) is 0 Å². The Morgan fingerprint density at radius 1 is 0.893 bits per heavy atom. The van der Waals surface area contributed by atoms with E-state index in [0.29, 0.717) is 5.92 Å². The molecular formula is C27H29N. The molecule has 0 amide bonds. The highest BCUT2D eigenvalue weighted by Crippen LogP contribution is 2.34. The topological polar surface area (TPSA) is 23.8 Å². The molecule has 0 saturated carbocycles. The minimum Gasteiger partial charge on any atom is -0.192 e. The fourth-order valence-corrected chi connectivity index (χ4v) is 4.59. The van der Waals surface area contributed by atoms with E-state index in [4.69, 9.17) is 5.26 Å². The fourth-order valence-electron chi connectivity index (χ4n) is 4.59. The van der Waals surface area contributed by atoms with E-state index in [9.17, 15) is 0 Å². The summed E-state index contributed by atoms with van der Waals surface area (Å²) < 4.78 is 0. The molecule has 0 saturated heterocycles. The summed E-state index contributed by atoms with van der Waals surface area (Å²) in [6.07, 6.45) is 9.81. The van der Waals surface area contributed by atoms with Crippen molar-refractivity contribution < 1.29 is 0 Å². The number of rotatable bonds is 6. The summed E-state index contributed by atoms with van der Waals surface area (Å²) in [4.78, 5) is 0. The molecule has 3 aromatic carbocycles. The lowest BCUT2D eigenvalue weighted by atomic mass is 9.79. The Labute approximate surface area is 169 Å². The third kappa shape index (κ3) is 4.12. The molecule has 1 atom stereocenters. The second-order valence-corrected chi connectivity index (χ2v) is 8.29. The molecule has 0 radical (unpaired) electrons.